The molecule has 0 bridgehead atoms. The van der Waals surface area contributed by atoms with Gasteiger partial charge in [-0.15, -0.1) is 0 Å². The van der Waals surface area contributed by atoms with Gasteiger partial charge in [0.2, 0.25) is 6.54 Å². The molecule has 0 aliphatic rings. The van der Waals surface area contributed by atoms with Crippen LogP contribution < -0.4 is 0 Å². The van der Waals surface area contributed by atoms with E-state index in [1.165, 1.54) is 0 Å². The van der Waals surface area contributed by atoms with Crippen molar-refractivity contribution in [3.8, 4) is 5.75 Å². The summed E-state index contributed by atoms with van der Waals surface area (Å²) >= 11 is 0. The fourth-order valence-corrected chi connectivity index (χ4v) is 1.75. The molecule has 0 saturated heterocycles. The number of benzene rings is 2. The molecule has 3 nitrogen and oxygen atoms in total. The lowest BCUT2D eigenvalue weighted by atomic mass is 10.1. The van der Waals surface area contributed by atoms with Gasteiger partial charge in [-0.2, -0.15) is 0 Å². The molecule has 0 atom stereocenters. The predicted octanol–water partition coefficient (Wildman–Crippen LogP) is 3.87. The second kappa shape index (κ2) is 5.83. The van der Waals surface area contributed by atoms with Gasteiger partial charge < -0.3 is 9.95 Å². The van der Waals surface area contributed by atoms with Gasteiger partial charge in [0.15, 0.2) is 0 Å². The first-order chi connectivity index (χ1) is 9.19. The molecule has 0 heterocycles. The van der Waals surface area contributed by atoms with Gasteiger partial charge in [-0.05, 0) is 31.2 Å². The zero-order chi connectivity index (χ0) is 13.7. The summed E-state index contributed by atoms with van der Waals surface area (Å²) in [6, 6.07) is 12.9. The van der Waals surface area contributed by atoms with E-state index in [2.05, 4.69) is 9.84 Å². The van der Waals surface area contributed by atoms with E-state index in [-0.39, 0.29) is 5.75 Å². The Bertz CT molecular complexity index is 654. The lowest BCUT2D eigenvalue weighted by Crippen LogP contribution is -1.84. The average molecular weight is 250 g/mol. The Morgan fingerprint density at radius 1 is 1.26 bits per heavy atom. The summed E-state index contributed by atoms with van der Waals surface area (Å²) < 4.78 is 0. The summed E-state index contributed by atoms with van der Waals surface area (Å²) in [5, 5.41) is 9.72. The number of aromatic hydroxyl groups is 1. The minimum Gasteiger partial charge on any atom is -0.507 e. The van der Waals surface area contributed by atoms with Gasteiger partial charge in [-0.3, -0.25) is 4.99 Å². The quantitative estimate of drug-likeness (QED) is 0.651. The number of hydrogen-bond acceptors (Lipinski definition) is 2. The maximum atomic E-state index is 9.72. The van der Waals surface area contributed by atoms with Gasteiger partial charge in [0.1, 0.15) is 5.75 Å². The zero-order valence-corrected chi connectivity index (χ0v) is 10.7. The van der Waals surface area contributed by atoms with Gasteiger partial charge in [0.25, 0.3) is 0 Å². The van der Waals surface area contributed by atoms with Crippen LogP contribution >= 0.6 is 0 Å². The minimum atomic E-state index is 0.215. The van der Waals surface area contributed by atoms with Gasteiger partial charge in [0, 0.05) is 17.3 Å². The molecule has 2 aromatic rings. The van der Waals surface area contributed by atoms with Crippen molar-refractivity contribution in [2.75, 3.05) is 0 Å². The molecular formula is C16H14N2O. The molecule has 94 valence electrons. The molecule has 0 unspecified atom stereocenters. The van der Waals surface area contributed by atoms with Crippen molar-refractivity contribution in [2.45, 2.75) is 13.5 Å². The second-order valence-corrected chi connectivity index (χ2v) is 4.31. The van der Waals surface area contributed by atoms with E-state index in [1.54, 1.807) is 12.3 Å². The molecule has 2 aromatic carbocycles. The molecule has 0 aromatic heterocycles. The van der Waals surface area contributed by atoms with Crippen LogP contribution in [0.3, 0.4) is 0 Å². The molecule has 0 fully saturated rings. The highest BCUT2D eigenvalue weighted by Gasteiger charge is 1.99. The minimum absolute atomic E-state index is 0.215. The van der Waals surface area contributed by atoms with Crippen molar-refractivity contribution in [3.63, 3.8) is 0 Å². The summed E-state index contributed by atoms with van der Waals surface area (Å²) in [5.74, 6) is 0.215. The van der Waals surface area contributed by atoms with Crippen molar-refractivity contribution in [2.24, 2.45) is 4.99 Å². The van der Waals surface area contributed by atoms with Gasteiger partial charge in [0.05, 0.1) is 5.69 Å². The van der Waals surface area contributed by atoms with Crippen molar-refractivity contribution in [3.05, 3.63) is 70.6 Å². The first kappa shape index (κ1) is 12.8. The van der Waals surface area contributed by atoms with Crippen molar-refractivity contribution >= 4 is 11.9 Å². The van der Waals surface area contributed by atoms with Crippen LogP contribution in [0.15, 0.2) is 47.5 Å². The van der Waals surface area contributed by atoms with Crippen LogP contribution in [-0.4, -0.2) is 11.3 Å². The molecule has 0 aliphatic heterocycles. The van der Waals surface area contributed by atoms with Crippen molar-refractivity contribution < 1.29 is 5.11 Å². The van der Waals surface area contributed by atoms with Crippen LogP contribution in [0, 0.1) is 13.5 Å². The molecule has 0 saturated carbocycles. The van der Waals surface area contributed by atoms with Crippen LogP contribution in [0.25, 0.3) is 4.85 Å². The highest BCUT2D eigenvalue weighted by atomic mass is 16.3. The molecular weight excluding hydrogens is 236 g/mol. The van der Waals surface area contributed by atoms with Gasteiger partial charge >= 0.3 is 0 Å². The fraction of sp³-hybridized carbons (Fsp3) is 0.125. The third-order valence-electron chi connectivity index (χ3n) is 2.71. The van der Waals surface area contributed by atoms with E-state index in [4.69, 9.17) is 6.57 Å². The van der Waals surface area contributed by atoms with Crippen molar-refractivity contribution in [1.29, 1.82) is 0 Å². The Morgan fingerprint density at radius 2 is 2.11 bits per heavy atom. The van der Waals surface area contributed by atoms with E-state index < -0.39 is 0 Å². The summed E-state index contributed by atoms with van der Waals surface area (Å²) in [7, 11) is 0. The highest BCUT2D eigenvalue weighted by molar-refractivity contribution is 5.85. The summed E-state index contributed by atoms with van der Waals surface area (Å²) in [6.45, 7) is 9.18. The Labute approximate surface area is 112 Å². The zero-order valence-electron chi connectivity index (χ0n) is 10.7. The number of rotatable bonds is 3. The molecule has 3 heteroatoms. The number of phenols is 1. The topological polar surface area (TPSA) is 37.0 Å². The normalized spacial score (nSPS) is 10.5. The number of hydrogen-bond donors (Lipinski definition) is 1. The Kier molecular flexibility index (Phi) is 3.94. The second-order valence-electron chi connectivity index (χ2n) is 4.31. The van der Waals surface area contributed by atoms with Gasteiger partial charge in [-0.25, -0.2) is 6.57 Å². The highest BCUT2D eigenvalue weighted by Crippen LogP contribution is 2.19. The van der Waals surface area contributed by atoms with Gasteiger partial charge in [-0.1, -0.05) is 23.8 Å². The van der Waals surface area contributed by atoms with E-state index in [0.29, 0.717) is 12.1 Å². The van der Waals surface area contributed by atoms with Crippen LogP contribution in [-0.2, 0) is 6.54 Å². The Balaban J connectivity index is 2.25. The third kappa shape index (κ3) is 3.43. The lowest BCUT2D eigenvalue weighted by Gasteiger charge is -2.00. The smallest absolute Gasteiger partial charge is 0.239 e. The fourth-order valence-electron chi connectivity index (χ4n) is 1.75. The monoisotopic (exact) mass is 250 g/mol. The molecule has 0 spiro atoms. The number of phenolic OH excluding ortho intramolecular Hbond substituents is 1. The average Bonchev–Trinajstić information content (AvgIpc) is 2.41. The maximum absolute atomic E-state index is 9.72. The van der Waals surface area contributed by atoms with E-state index >= 15 is 0 Å². The first-order valence-corrected chi connectivity index (χ1v) is 5.95. The predicted molar refractivity (Wildman–Crippen MR) is 76.8 cm³/mol. The summed E-state index contributed by atoms with van der Waals surface area (Å²) in [4.78, 5) is 7.68. The molecule has 2 rings (SSSR count). The summed E-state index contributed by atoms with van der Waals surface area (Å²) in [6.07, 6.45) is 1.64. The van der Waals surface area contributed by atoms with E-state index in [9.17, 15) is 5.11 Å². The largest absolute Gasteiger partial charge is 0.507 e. The first-order valence-electron chi connectivity index (χ1n) is 5.95. The van der Waals surface area contributed by atoms with E-state index in [0.717, 1.165) is 16.8 Å². The van der Waals surface area contributed by atoms with Crippen LogP contribution in [0.4, 0.5) is 5.69 Å². The van der Waals surface area contributed by atoms with E-state index in [1.807, 2.05) is 43.3 Å². The lowest BCUT2D eigenvalue weighted by molar-refractivity contribution is 0.474. The molecule has 0 aliphatic carbocycles. The molecule has 19 heavy (non-hydrogen) atoms. The van der Waals surface area contributed by atoms with Crippen LogP contribution in [0.2, 0.25) is 0 Å². The SMILES string of the molecule is [C-]#[N+]Cc1cccc(N=Cc2cc(C)ccc2O)c1. The molecule has 0 amide bonds. The summed E-state index contributed by atoms with van der Waals surface area (Å²) in [5.41, 5.74) is 3.48. The Hall–Kier alpha value is -2.60. The third-order valence-corrected chi connectivity index (χ3v) is 2.71. The maximum Gasteiger partial charge on any atom is 0.239 e. The number of nitrogens with zero attached hydrogens (tertiary/aromatic N) is 2. The number of aryl methyl sites for hydroxylation is 1. The number of aliphatic imine (C=N–C) groups is 1. The standard InChI is InChI=1S/C16H14N2O/c1-12-6-7-16(19)14(8-12)11-18-15-5-3-4-13(9-15)10-17-2/h3-9,11,19H,10H2,1H3. The molecule has 0 radical (unpaired) electrons. The van der Waals surface area contributed by atoms with Crippen LogP contribution in [0.5, 0.6) is 5.75 Å². The van der Waals surface area contributed by atoms with Crippen molar-refractivity contribution in [1.82, 2.24) is 0 Å². The van der Waals surface area contributed by atoms with Crippen LogP contribution in [0.1, 0.15) is 16.7 Å². The Morgan fingerprint density at radius 3 is 2.89 bits per heavy atom. The molecule has 1 N–H and O–H groups in total.